The van der Waals surface area contributed by atoms with Gasteiger partial charge in [-0.05, 0) is 59.7 Å². The number of benzene rings is 3. The lowest BCUT2D eigenvalue weighted by Gasteiger charge is -2.26. The Morgan fingerprint density at radius 3 is 1.89 bits per heavy atom. The van der Waals surface area contributed by atoms with Gasteiger partial charge in [-0.3, -0.25) is 0 Å². The highest BCUT2D eigenvalue weighted by atomic mass is 16.5. The van der Waals surface area contributed by atoms with Crippen molar-refractivity contribution < 1.29 is 28.5 Å². The lowest BCUT2D eigenvalue weighted by Crippen LogP contribution is -2.18. The van der Waals surface area contributed by atoms with Crippen LogP contribution in [0.5, 0.6) is 17.2 Å². The lowest BCUT2D eigenvalue weighted by molar-refractivity contribution is -0.137. The van der Waals surface area contributed by atoms with Gasteiger partial charge >= 0.3 is 11.9 Å². The van der Waals surface area contributed by atoms with E-state index in [-0.39, 0.29) is 12.0 Å². The van der Waals surface area contributed by atoms with Gasteiger partial charge in [0.15, 0.2) is 0 Å². The average Bonchev–Trinajstić information content (AvgIpc) is 2.89. The smallest absolute Gasteiger partial charge is 0.343 e. The Kier molecular flexibility index (Phi) is 8.68. The Morgan fingerprint density at radius 2 is 1.34 bits per heavy atom. The van der Waals surface area contributed by atoms with E-state index in [2.05, 4.69) is 32.6 Å². The van der Waals surface area contributed by atoms with Gasteiger partial charge in [0.1, 0.15) is 17.2 Å². The fourth-order valence-corrected chi connectivity index (χ4v) is 3.45. The van der Waals surface area contributed by atoms with Crippen molar-refractivity contribution in [2.45, 2.75) is 25.7 Å². The van der Waals surface area contributed by atoms with Crippen LogP contribution in [0.15, 0.2) is 85.5 Å². The molecule has 0 aliphatic carbocycles. The third-order valence-corrected chi connectivity index (χ3v) is 5.66. The molecule has 3 rings (SSSR count). The van der Waals surface area contributed by atoms with Crippen molar-refractivity contribution in [3.8, 4) is 17.2 Å². The van der Waals surface area contributed by atoms with Crippen LogP contribution < -0.4 is 14.2 Å². The molecule has 0 spiro atoms. The molecule has 0 atom stereocenters. The highest BCUT2D eigenvalue weighted by molar-refractivity contribution is 5.91. The number of esters is 2. The minimum Gasteiger partial charge on any atom is -0.497 e. The first-order valence-electron chi connectivity index (χ1n) is 11.3. The van der Waals surface area contributed by atoms with Gasteiger partial charge < -0.3 is 18.9 Å². The largest absolute Gasteiger partial charge is 0.497 e. The summed E-state index contributed by atoms with van der Waals surface area (Å²) in [6.07, 6.45) is 1.67. The Hall–Kier alpha value is -4.06. The molecule has 3 aromatic rings. The first kappa shape index (κ1) is 25.6. The van der Waals surface area contributed by atoms with Crippen LogP contribution in [0.1, 0.15) is 41.8 Å². The summed E-state index contributed by atoms with van der Waals surface area (Å²) < 4.78 is 21.3. The number of ether oxygens (including phenoxy) is 4. The third-order valence-electron chi connectivity index (χ3n) is 5.66. The predicted molar refractivity (Wildman–Crippen MR) is 134 cm³/mol. The van der Waals surface area contributed by atoms with Gasteiger partial charge in [0.2, 0.25) is 0 Å². The van der Waals surface area contributed by atoms with E-state index >= 15 is 0 Å². The van der Waals surface area contributed by atoms with E-state index in [9.17, 15) is 9.59 Å². The van der Waals surface area contributed by atoms with Gasteiger partial charge in [0.25, 0.3) is 0 Å². The number of rotatable bonds is 11. The van der Waals surface area contributed by atoms with Gasteiger partial charge in [0.05, 0.1) is 25.9 Å². The second-order valence-electron chi connectivity index (χ2n) is 8.37. The molecule has 0 unspecified atom stereocenters. The van der Waals surface area contributed by atoms with Crippen LogP contribution in [0.2, 0.25) is 0 Å². The van der Waals surface area contributed by atoms with E-state index in [1.807, 2.05) is 24.3 Å². The minimum absolute atomic E-state index is 0.224. The van der Waals surface area contributed by atoms with Crippen molar-refractivity contribution >= 4 is 11.9 Å². The molecule has 6 heteroatoms. The van der Waals surface area contributed by atoms with E-state index in [4.69, 9.17) is 18.9 Å². The van der Waals surface area contributed by atoms with Crippen LogP contribution in [0.3, 0.4) is 0 Å². The molecule has 0 fully saturated rings. The summed E-state index contributed by atoms with van der Waals surface area (Å²) in [7, 11) is 1.65. The molecule has 0 aromatic heterocycles. The van der Waals surface area contributed by atoms with E-state index in [0.29, 0.717) is 30.1 Å². The standard InChI is InChI=1S/C29H30O6/c1-5-27(30)34-20-6-19-33-25-13-7-21(8-14-25)28(31)35-26-17-11-23(12-18-26)29(2,3)22-9-15-24(32-4)16-10-22/h5,7-18H,1,6,19-20H2,2-4H3. The SMILES string of the molecule is C=CC(=O)OCCCOc1ccc(C(=O)Oc2ccc(C(C)(C)c3ccc(OC)cc3)cc2)cc1. The third kappa shape index (κ3) is 6.96. The number of carbonyl (C=O) groups is 2. The number of carbonyl (C=O) groups excluding carboxylic acids is 2. The predicted octanol–water partition coefficient (Wildman–Crippen LogP) is 5.74. The van der Waals surface area contributed by atoms with Crippen LogP contribution in [0, 0.1) is 0 Å². The summed E-state index contributed by atoms with van der Waals surface area (Å²) in [5.74, 6) is 0.997. The van der Waals surface area contributed by atoms with Crippen LogP contribution in [-0.2, 0) is 14.9 Å². The fourth-order valence-electron chi connectivity index (χ4n) is 3.45. The summed E-state index contributed by atoms with van der Waals surface area (Å²) in [5.41, 5.74) is 2.45. The Labute approximate surface area is 206 Å². The van der Waals surface area contributed by atoms with Crippen LogP contribution in [0.4, 0.5) is 0 Å². The maximum absolute atomic E-state index is 12.5. The van der Waals surface area contributed by atoms with Crippen LogP contribution in [0.25, 0.3) is 0 Å². The summed E-state index contributed by atoms with van der Waals surface area (Å²) in [5, 5.41) is 0. The zero-order valence-electron chi connectivity index (χ0n) is 20.3. The van der Waals surface area contributed by atoms with E-state index in [0.717, 1.165) is 23.0 Å². The average molecular weight is 475 g/mol. The highest BCUT2D eigenvalue weighted by Gasteiger charge is 2.23. The molecular weight excluding hydrogens is 444 g/mol. The Bertz CT molecular complexity index is 1130. The molecule has 35 heavy (non-hydrogen) atoms. The van der Waals surface area contributed by atoms with Crippen molar-refractivity contribution in [2.24, 2.45) is 0 Å². The van der Waals surface area contributed by atoms with Gasteiger partial charge in [-0.25, -0.2) is 9.59 Å². The molecule has 0 amide bonds. The topological polar surface area (TPSA) is 71.1 Å². The summed E-state index contributed by atoms with van der Waals surface area (Å²) >= 11 is 0. The molecule has 0 saturated heterocycles. The fraction of sp³-hybridized carbons (Fsp3) is 0.241. The normalized spacial score (nSPS) is 10.8. The molecule has 3 aromatic carbocycles. The van der Waals surface area contributed by atoms with Gasteiger partial charge in [0, 0.05) is 17.9 Å². The molecule has 0 aliphatic rings. The van der Waals surface area contributed by atoms with E-state index in [1.165, 1.54) is 0 Å². The summed E-state index contributed by atoms with van der Waals surface area (Å²) in [4.78, 5) is 23.5. The van der Waals surface area contributed by atoms with Crippen LogP contribution >= 0.6 is 0 Å². The molecule has 0 N–H and O–H groups in total. The summed E-state index contributed by atoms with van der Waals surface area (Å²) in [6, 6.07) is 22.2. The van der Waals surface area contributed by atoms with Crippen LogP contribution in [-0.4, -0.2) is 32.3 Å². The van der Waals surface area contributed by atoms with Gasteiger partial charge in [-0.15, -0.1) is 0 Å². The second kappa shape index (κ2) is 11.9. The molecule has 182 valence electrons. The number of hydrogen-bond acceptors (Lipinski definition) is 6. The lowest BCUT2D eigenvalue weighted by atomic mass is 9.78. The number of methoxy groups -OCH3 is 1. The van der Waals surface area contributed by atoms with Gasteiger partial charge in [-0.1, -0.05) is 44.7 Å². The van der Waals surface area contributed by atoms with Crippen molar-refractivity contribution in [1.82, 2.24) is 0 Å². The molecule has 0 saturated carbocycles. The maximum atomic E-state index is 12.5. The van der Waals surface area contributed by atoms with Gasteiger partial charge in [-0.2, -0.15) is 0 Å². The molecule has 6 nitrogen and oxygen atoms in total. The molecule has 0 radical (unpaired) electrons. The molecule has 0 aliphatic heterocycles. The van der Waals surface area contributed by atoms with Crippen molar-refractivity contribution in [1.29, 1.82) is 0 Å². The van der Waals surface area contributed by atoms with Crippen molar-refractivity contribution in [3.63, 3.8) is 0 Å². The monoisotopic (exact) mass is 474 g/mol. The molecule has 0 bridgehead atoms. The van der Waals surface area contributed by atoms with E-state index in [1.54, 1.807) is 43.5 Å². The Morgan fingerprint density at radius 1 is 0.800 bits per heavy atom. The Balaban J connectivity index is 1.54. The van der Waals surface area contributed by atoms with E-state index < -0.39 is 11.9 Å². The zero-order chi connectivity index (χ0) is 25.3. The van der Waals surface area contributed by atoms with Crippen molar-refractivity contribution in [3.05, 3.63) is 102 Å². The second-order valence-corrected chi connectivity index (χ2v) is 8.37. The molecule has 0 heterocycles. The zero-order valence-corrected chi connectivity index (χ0v) is 20.3. The first-order chi connectivity index (χ1) is 16.8. The molecular formula is C29H30O6. The minimum atomic E-state index is -0.455. The van der Waals surface area contributed by atoms with Crippen molar-refractivity contribution in [2.75, 3.05) is 20.3 Å². The number of hydrogen-bond donors (Lipinski definition) is 0. The quantitative estimate of drug-likeness (QED) is 0.153. The first-order valence-corrected chi connectivity index (χ1v) is 11.3. The summed E-state index contributed by atoms with van der Waals surface area (Å²) in [6.45, 7) is 8.27. The maximum Gasteiger partial charge on any atom is 0.343 e. The highest BCUT2D eigenvalue weighted by Crippen LogP contribution is 2.33.